The molecule has 8 rings (SSSR count). The van der Waals surface area contributed by atoms with E-state index in [0.29, 0.717) is 16.8 Å². The van der Waals surface area contributed by atoms with Gasteiger partial charge in [0, 0.05) is 16.9 Å². The minimum atomic E-state index is -1.40. The molecule has 0 bridgehead atoms. The van der Waals surface area contributed by atoms with Crippen molar-refractivity contribution in [3.63, 3.8) is 0 Å². The normalized spacial score (nSPS) is 22.2. The zero-order valence-electron chi connectivity index (χ0n) is 24.8. The van der Waals surface area contributed by atoms with Crippen molar-refractivity contribution >= 4 is 35.1 Å². The van der Waals surface area contributed by atoms with Gasteiger partial charge < -0.3 is 15.0 Å². The summed E-state index contributed by atoms with van der Waals surface area (Å²) in [6, 6.07) is 41.6. The summed E-state index contributed by atoms with van der Waals surface area (Å²) in [6.07, 6.45) is 3.23. The minimum Gasteiger partial charge on any atom is -0.451 e. The van der Waals surface area contributed by atoms with Crippen molar-refractivity contribution in [2.75, 3.05) is 10.2 Å². The van der Waals surface area contributed by atoms with Crippen LogP contribution in [0, 0.1) is 5.92 Å². The second-order valence-electron chi connectivity index (χ2n) is 11.9. The van der Waals surface area contributed by atoms with Crippen molar-refractivity contribution < 1.29 is 19.1 Å². The van der Waals surface area contributed by atoms with E-state index in [9.17, 15) is 9.59 Å². The van der Waals surface area contributed by atoms with E-state index in [1.807, 2.05) is 132 Å². The standard InChI is InChI=1S/C40H30N2O4/c43-36(27-15-4-1-5-16-27)34-35(38(44)46-37(28-17-6-2-7-18-28)29-19-8-3-9-20-29)42-32-23-13-10-14-26(32)24-25-33(42)40(34)30-21-11-12-22-31(30)41-39(40)45/h1-25,33-35,37H,(H,41,45)/t33-,34-,35-,40-/m1/s1. The van der Waals surface area contributed by atoms with Crippen LogP contribution >= 0.6 is 0 Å². The Balaban J connectivity index is 1.35. The average Bonchev–Trinajstić information content (AvgIpc) is 3.60. The third-order valence-electron chi connectivity index (χ3n) is 9.56. The number of ether oxygens (including phenoxy) is 1. The number of amides is 1. The number of Topliss-reactive ketones (excluding diaryl/α,β-unsaturated/α-hetero) is 1. The van der Waals surface area contributed by atoms with Gasteiger partial charge in [0.2, 0.25) is 5.91 Å². The number of nitrogens with zero attached hydrogens (tertiary/aromatic N) is 1. The number of rotatable bonds is 6. The molecular weight excluding hydrogens is 572 g/mol. The molecule has 0 aliphatic carbocycles. The molecule has 1 amide bonds. The van der Waals surface area contributed by atoms with Crippen molar-refractivity contribution in [1.29, 1.82) is 0 Å². The molecule has 0 aromatic heterocycles. The van der Waals surface area contributed by atoms with Crippen LogP contribution in [0.5, 0.6) is 0 Å². The van der Waals surface area contributed by atoms with Gasteiger partial charge in [0.1, 0.15) is 11.5 Å². The number of nitrogens with one attached hydrogen (secondary N) is 1. The van der Waals surface area contributed by atoms with Gasteiger partial charge in [-0.15, -0.1) is 0 Å². The lowest BCUT2D eigenvalue weighted by molar-refractivity contribution is -0.150. The maximum atomic E-state index is 15.0. The summed E-state index contributed by atoms with van der Waals surface area (Å²) in [6.45, 7) is 0. The van der Waals surface area contributed by atoms with Gasteiger partial charge in [-0.1, -0.05) is 140 Å². The predicted octanol–water partition coefficient (Wildman–Crippen LogP) is 6.99. The molecule has 3 aliphatic heterocycles. The van der Waals surface area contributed by atoms with E-state index in [2.05, 4.69) is 5.32 Å². The molecular formula is C40H30N2O4. The molecule has 6 nitrogen and oxygen atoms in total. The van der Waals surface area contributed by atoms with Crippen LogP contribution in [0.3, 0.4) is 0 Å². The number of benzene rings is 5. The Kier molecular flexibility index (Phi) is 6.64. The van der Waals surface area contributed by atoms with E-state index in [1.165, 1.54) is 0 Å². The molecule has 1 spiro atoms. The molecule has 4 atom stereocenters. The van der Waals surface area contributed by atoms with Crippen LogP contribution in [-0.2, 0) is 19.7 Å². The van der Waals surface area contributed by atoms with Gasteiger partial charge in [-0.05, 0) is 34.4 Å². The number of anilines is 2. The van der Waals surface area contributed by atoms with Crippen molar-refractivity contribution in [2.45, 2.75) is 23.6 Å². The first kappa shape index (κ1) is 27.8. The Morgan fingerprint density at radius 2 is 1.30 bits per heavy atom. The Morgan fingerprint density at radius 3 is 2.00 bits per heavy atom. The fourth-order valence-electron chi connectivity index (χ4n) is 7.64. The first-order valence-electron chi connectivity index (χ1n) is 15.4. The number of carbonyl (C=O) groups is 3. The molecule has 46 heavy (non-hydrogen) atoms. The summed E-state index contributed by atoms with van der Waals surface area (Å²) < 4.78 is 6.52. The number of esters is 1. The van der Waals surface area contributed by atoms with Crippen LogP contribution in [0.4, 0.5) is 11.4 Å². The number of ketones is 1. The molecule has 1 fully saturated rings. The van der Waals surface area contributed by atoms with E-state index >= 15 is 4.79 Å². The van der Waals surface area contributed by atoms with Crippen LogP contribution in [0.1, 0.15) is 38.7 Å². The largest absolute Gasteiger partial charge is 0.451 e. The topological polar surface area (TPSA) is 75.7 Å². The summed E-state index contributed by atoms with van der Waals surface area (Å²) in [5, 5.41) is 3.07. The zero-order chi connectivity index (χ0) is 31.3. The summed E-state index contributed by atoms with van der Waals surface area (Å²) in [4.78, 5) is 46.4. The molecule has 5 aromatic carbocycles. The third-order valence-corrected chi connectivity index (χ3v) is 9.56. The number of fused-ring (bicyclic) bond motifs is 6. The highest BCUT2D eigenvalue weighted by atomic mass is 16.5. The lowest BCUT2D eigenvalue weighted by Gasteiger charge is -2.37. The summed E-state index contributed by atoms with van der Waals surface area (Å²) >= 11 is 0. The Morgan fingerprint density at radius 1 is 0.717 bits per heavy atom. The number of hydrogen-bond acceptors (Lipinski definition) is 5. The van der Waals surface area contributed by atoms with Crippen molar-refractivity contribution in [3.8, 4) is 0 Å². The van der Waals surface area contributed by atoms with Gasteiger partial charge >= 0.3 is 5.97 Å². The first-order valence-corrected chi connectivity index (χ1v) is 15.4. The number of carbonyl (C=O) groups excluding carboxylic acids is 3. The smallest absolute Gasteiger partial charge is 0.330 e. The van der Waals surface area contributed by atoms with Crippen LogP contribution < -0.4 is 10.2 Å². The van der Waals surface area contributed by atoms with Crippen molar-refractivity contribution in [3.05, 3.63) is 173 Å². The summed E-state index contributed by atoms with van der Waals surface area (Å²) in [5.74, 6) is -2.26. The molecule has 0 radical (unpaired) electrons. The van der Waals surface area contributed by atoms with Crippen LogP contribution in [-0.4, -0.2) is 29.7 Å². The molecule has 5 aromatic rings. The van der Waals surface area contributed by atoms with Crippen LogP contribution in [0.15, 0.2) is 146 Å². The first-order chi connectivity index (χ1) is 22.6. The van der Waals surface area contributed by atoms with Gasteiger partial charge in [0.05, 0.1) is 12.0 Å². The van der Waals surface area contributed by atoms with E-state index in [0.717, 1.165) is 22.4 Å². The van der Waals surface area contributed by atoms with Crippen molar-refractivity contribution in [1.82, 2.24) is 0 Å². The Labute approximate surface area is 267 Å². The Hall–Kier alpha value is -5.75. The minimum absolute atomic E-state index is 0.286. The number of hydrogen-bond donors (Lipinski definition) is 1. The lowest BCUT2D eigenvalue weighted by atomic mass is 9.64. The fraction of sp³-hybridized carbons (Fsp3) is 0.125. The summed E-state index contributed by atoms with van der Waals surface area (Å²) in [5.41, 5.74) is 3.66. The maximum Gasteiger partial charge on any atom is 0.330 e. The number of para-hydroxylation sites is 2. The van der Waals surface area contributed by atoms with Gasteiger partial charge in [0.15, 0.2) is 11.9 Å². The monoisotopic (exact) mass is 602 g/mol. The second-order valence-corrected chi connectivity index (χ2v) is 11.9. The second kappa shape index (κ2) is 11.0. The maximum absolute atomic E-state index is 15.0. The van der Waals surface area contributed by atoms with Gasteiger partial charge in [-0.3, -0.25) is 9.59 Å². The van der Waals surface area contributed by atoms with Crippen LogP contribution in [0.25, 0.3) is 6.08 Å². The zero-order valence-corrected chi connectivity index (χ0v) is 24.8. The van der Waals surface area contributed by atoms with Crippen LogP contribution in [0.2, 0.25) is 0 Å². The molecule has 3 heterocycles. The molecule has 3 aliphatic rings. The fourth-order valence-corrected chi connectivity index (χ4v) is 7.64. The third kappa shape index (κ3) is 4.14. The highest BCUT2D eigenvalue weighted by Crippen LogP contribution is 2.58. The average molecular weight is 603 g/mol. The van der Waals surface area contributed by atoms with E-state index < -0.39 is 35.5 Å². The highest BCUT2D eigenvalue weighted by Gasteiger charge is 2.71. The molecule has 1 N–H and O–H groups in total. The van der Waals surface area contributed by atoms with E-state index in [-0.39, 0.29) is 11.7 Å². The van der Waals surface area contributed by atoms with E-state index in [1.54, 1.807) is 24.3 Å². The lowest BCUT2D eigenvalue weighted by Crippen LogP contribution is -2.51. The molecule has 0 saturated carbocycles. The van der Waals surface area contributed by atoms with E-state index in [4.69, 9.17) is 4.74 Å². The predicted molar refractivity (Wildman–Crippen MR) is 177 cm³/mol. The Bertz CT molecular complexity index is 1950. The quantitative estimate of drug-likeness (QED) is 0.168. The molecule has 0 unspecified atom stereocenters. The molecule has 224 valence electrons. The molecule has 6 heteroatoms. The SMILES string of the molecule is O=C(OC(c1ccccc1)c1ccccc1)[C@H]1[C@H](C(=O)c2ccccc2)[C@]2(C(=O)Nc3ccccc32)[C@H]2C=Cc3ccccc3N12. The van der Waals surface area contributed by atoms with Gasteiger partial charge in [-0.25, -0.2) is 4.79 Å². The summed E-state index contributed by atoms with van der Waals surface area (Å²) in [7, 11) is 0. The van der Waals surface area contributed by atoms with Gasteiger partial charge in [0.25, 0.3) is 0 Å². The van der Waals surface area contributed by atoms with Crippen molar-refractivity contribution in [2.24, 2.45) is 5.92 Å². The molecule has 1 saturated heterocycles. The highest BCUT2D eigenvalue weighted by molar-refractivity contribution is 6.16. The van der Waals surface area contributed by atoms with Gasteiger partial charge in [-0.2, -0.15) is 0 Å².